The number of hydrogen-bond donors (Lipinski definition) is 1. The predicted molar refractivity (Wildman–Crippen MR) is 118 cm³/mol. The van der Waals surface area contributed by atoms with Crippen LogP contribution < -0.4 is 10.1 Å². The number of anilines is 1. The number of methoxy groups -OCH3 is 1. The van der Waals surface area contributed by atoms with E-state index < -0.39 is 0 Å². The van der Waals surface area contributed by atoms with E-state index in [2.05, 4.69) is 31.1 Å². The van der Waals surface area contributed by atoms with Crippen LogP contribution in [-0.2, 0) is 0 Å². The van der Waals surface area contributed by atoms with Crippen molar-refractivity contribution in [2.75, 3.05) is 12.4 Å². The smallest absolute Gasteiger partial charge is 0.163 e. The second-order valence-electron chi connectivity index (χ2n) is 8.10. The molecule has 2 heterocycles. The molecule has 0 aliphatic carbocycles. The number of nitrogens with zero attached hydrogens (tertiary/aromatic N) is 3. The minimum Gasteiger partial charge on any atom is -0.494 e. The van der Waals surface area contributed by atoms with Gasteiger partial charge in [-0.05, 0) is 68.3 Å². The molecule has 0 radical (unpaired) electrons. The maximum atomic E-state index is 13.8. The summed E-state index contributed by atoms with van der Waals surface area (Å²) in [6.45, 7) is 6.20. The molecule has 0 saturated heterocycles. The minimum atomic E-state index is -0.289. The number of fused-ring (bicyclic) bond motifs is 1. The van der Waals surface area contributed by atoms with Gasteiger partial charge < -0.3 is 10.1 Å². The van der Waals surface area contributed by atoms with Crippen molar-refractivity contribution in [3.8, 4) is 28.3 Å². The highest BCUT2D eigenvalue weighted by Crippen LogP contribution is 2.36. The Bertz CT molecular complexity index is 1200. The summed E-state index contributed by atoms with van der Waals surface area (Å²) in [7, 11) is 1.60. The van der Waals surface area contributed by atoms with E-state index in [0.29, 0.717) is 22.9 Å². The number of hydrogen-bond acceptors (Lipinski definition) is 5. The molecule has 4 rings (SSSR count). The van der Waals surface area contributed by atoms with Crippen LogP contribution >= 0.6 is 0 Å². The minimum absolute atomic E-state index is 0.227. The molecule has 0 saturated carbocycles. The van der Waals surface area contributed by atoms with Gasteiger partial charge in [-0.2, -0.15) is 0 Å². The third kappa shape index (κ3) is 4.08. The summed E-state index contributed by atoms with van der Waals surface area (Å²) < 4.78 is 19.5. The Morgan fingerprint density at radius 2 is 1.73 bits per heavy atom. The molecule has 0 fully saturated rings. The predicted octanol–water partition coefficient (Wildman–Crippen LogP) is 5.72. The lowest BCUT2D eigenvalue weighted by Crippen LogP contribution is -2.27. The molecule has 0 unspecified atom stereocenters. The van der Waals surface area contributed by atoms with Gasteiger partial charge >= 0.3 is 0 Å². The van der Waals surface area contributed by atoms with Crippen LogP contribution in [0.4, 0.5) is 10.2 Å². The van der Waals surface area contributed by atoms with Crippen LogP contribution in [0.2, 0.25) is 0 Å². The molecule has 0 aliphatic heterocycles. The number of ether oxygens (including phenoxy) is 1. The quantitative estimate of drug-likeness (QED) is 0.473. The van der Waals surface area contributed by atoms with Gasteiger partial charge in [0.15, 0.2) is 5.82 Å². The lowest BCUT2D eigenvalue weighted by molar-refractivity contribution is 0.419. The molecule has 0 spiro atoms. The lowest BCUT2D eigenvalue weighted by atomic mass is 10.0. The van der Waals surface area contributed by atoms with E-state index in [4.69, 9.17) is 14.7 Å². The van der Waals surface area contributed by atoms with Gasteiger partial charge in [0, 0.05) is 28.9 Å². The maximum absolute atomic E-state index is 13.8. The zero-order chi connectivity index (χ0) is 21.3. The van der Waals surface area contributed by atoms with Crippen LogP contribution in [0.25, 0.3) is 33.4 Å². The van der Waals surface area contributed by atoms with Gasteiger partial charge in [0.25, 0.3) is 0 Å². The molecule has 5 nitrogen and oxygen atoms in total. The van der Waals surface area contributed by atoms with Crippen LogP contribution in [0.1, 0.15) is 20.8 Å². The van der Waals surface area contributed by atoms with Crippen molar-refractivity contribution in [2.45, 2.75) is 26.3 Å². The molecule has 0 bridgehead atoms. The fourth-order valence-electron chi connectivity index (χ4n) is 3.27. The first-order chi connectivity index (χ1) is 14.3. The van der Waals surface area contributed by atoms with E-state index in [1.807, 2.05) is 30.3 Å². The standard InChI is InChI=1S/C24H23FN4O/c1-24(2,3)29-23-19-12-17(15-7-5-9-18(25)11-15)13-20(30-4)21(19)27-22(28-23)16-8-6-10-26-14-16/h5-14H,1-4H3,(H,27,28,29). The monoisotopic (exact) mass is 402 g/mol. The summed E-state index contributed by atoms with van der Waals surface area (Å²) >= 11 is 0. The average molecular weight is 402 g/mol. The summed E-state index contributed by atoms with van der Waals surface area (Å²) in [5, 5.41) is 4.28. The van der Waals surface area contributed by atoms with Gasteiger partial charge in [-0.1, -0.05) is 12.1 Å². The van der Waals surface area contributed by atoms with Gasteiger partial charge in [0.05, 0.1) is 7.11 Å². The zero-order valence-electron chi connectivity index (χ0n) is 17.4. The number of aromatic nitrogens is 3. The van der Waals surface area contributed by atoms with Crippen molar-refractivity contribution in [3.63, 3.8) is 0 Å². The molecule has 1 N–H and O–H groups in total. The molecule has 0 amide bonds. The second kappa shape index (κ2) is 7.71. The first-order valence-electron chi connectivity index (χ1n) is 9.68. The van der Waals surface area contributed by atoms with Crippen molar-refractivity contribution in [1.82, 2.24) is 15.0 Å². The van der Waals surface area contributed by atoms with Gasteiger partial charge in [0.1, 0.15) is 22.9 Å². The van der Waals surface area contributed by atoms with Crippen molar-refractivity contribution in [3.05, 3.63) is 66.7 Å². The Morgan fingerprint density at radius 1 is 0.933 bits per heavy atom. The highest BCUT2D eigenvalue weighted by atomic mass is 19.1. The van der Waals surface area contributed by atoms with Crippen molar-refractivity contribution in [2.24, 2.45) is 0 Å². The first kappa shape index (κ1) is 19.8. The normalized spacial score (nSPS) is 11.5. The summed E-state index contributed by atoms with van der Waals surface area (Å²) in [5.41, 5.74) is 2.85. The van der Waals surface area contributed by atoms with Crippen LogP contribution in [0, 0.1) is 5.82 Å². The van der Waals surface area contributed by atoms with E-state index in [0.717, 1.165) is 22.1 Å². The molecule has 0 aliphatic rings. The average Bonchev–Trinajstić information content (AvgIpc) is 2.72. The number of pyridine rings is 1. The van der Waals surface area contributed by atoms with E-state index in [1.165, 1.54) is 12.1 Å². The van der Waals surface area contributed by atoms with Crippen LogP contribution in [0.15, 0.2) is 60.9 Å². The molecular formula is C24H23FN4O. The van der Waals surface area contributed by atoms with E-state index in [-0.39, 0.29) is 11.4 Å². The van der Waals surface area contributed by atoms with E-state index >= 15 is 0 Å². The summed E-state index contributed by atoms with van der Waals surface area (Å²) in [6.07, 6.45) is 3.44. The Labute approximate surface area is 175 Å². The van der Waals surface area contributed by atoms with Gasteiger partial charge in [-0.25, -0.2) is 14.4 Å². The Morgan fingerprint density at radius 3 is 2.40 bits per heavy atom. The molecule has 30 heavy (non-hydrogen) atoms. The summed E-state index contributed by atoms with van der Waals surface area (Å²) in [5.74, 6) is 1.54. The van der Waals surface area contributed by atoms with Crippen molar-refractivity contribution < 1.29 is 9.13 Å². The third-order valence-corrected chi connectivity index (χ3v) is 4.56. The van der Waals surface area contributed by atoms with E-state index in [1.54, 1.807) is 25.6 Å². The Balaban J connectivity index is 2.00. The fourth-order valence-corrected chi connectivity index (χ4v) is 3.27. The second-order valence-corrected chi connectivity index (χ2v) is 8.10. The molecule has 2 aromatic heterocycles. The summed E-state index contributed by atoms with van der Waals surface area (Å²) in [4.78, 5) is 13.7. The van der Waals surface area contributed by atoms with Crippen molar-refractivity contribution in [1.29, 1.82) is 0 Å². The van der Waals surface area contributed by atoms with E-state index in [9.17, 15) is 4.39 Å². The number of nitrogens with one attached hydrogen (secondary N) is 1. The SMILES string of the molecule is COc1cc(-c2cccc(F)c2)cc2c(NC(C)(C)C)nc(-c3cccnc3)nc12. The molecule has 152 valence electrons. The van der Waals surface area contributed by atoms with Gasteiger partial charge in [0.2, 0.25) is 0 Å². The molecule has 2 aromatic carbocycles. The Hall–Kier alpha value is -3.54. The number of benzene rings is 2. The highest BCUT2D eigenvalue weighted by molar-refractivity contribution is 5.98. The molecule has 0 atom stereocenters. The van der Waals surface area contributed by atoms with Gasteiger partial charge in [-0.3, -0.25) is 4.98 Å². The summed E-state index contributed by atoms with van der Waals surface area (Å²) in [6, 6.07) is 14.1. The number of rotatable bonds is 4. The van der Waals surface area contributed by atoms with Crippen molar-refractivity contribution >= 4 is 16.7 Å². The van der Waals surface area contributed by atoms with Crippen LogP contribution in [0.3, 0.4) is 0 Å². The van der Waals surface area contributed by atoms with Crippen LogP contribution in [-0.4, -0.2) is 27.6 Å². The van der Waals surface area contributed by atoms with Crippen LogP contribution in [0.5, 0.6) is 5.75 Å². The molecule has 6 heteroatoms. The topological polar surface area (TPSA) is 59.9 Å². The molecular weight excluding hydrogens is 379 g/mol. The maximum Gasteiger partial charge on any atom is 0.163 e. The first-order valence-corrected chi connectivity index (χ1v) is 9.68. The largest absolute Gasteiger partial charge is 0.494 e. The van der Waals surface area contributed by atoms with Gasteiger partial charge in [-0.15, -0.1) is 0 Å². The fraction of sp³-hybridized carbons (Fsp3) is 0.208. The highest BCUT2D eigenvalue weighted by Gasteiger charge is 2.19. The third-order valence-electron chi connectivity index (χ3n) is 4.56. The molecule has 4 aromatic rings. The Kier molecular flexibility index (Phi) is 5.08. The number of halogens is 1. The zero-order valence-corrected chi connectivity index (χ0v) is 17.4. The lowest BCUT2D eigenvalue weighted by Gasteiger charge is -2.23.